The molecule has 1 unspecified atom stereocenters. The maximum atomic E-state index is 12.9. The van der Waals surface area contributed by atoms with Gasteiger partial charge in [0.1, 0.15) is 23.6 Å². The molecule has 7 N–H and O–H groups in total. The minimum absolute atomic E-state index is 0.0463. The molecule has 0 aromatic heterocycles. The van der Waals surface area contributed by atoms with Crippen molar-refractivity contribution in [2.75, 3.05) is 13.1 Å². The normalized spacial score (nSPS) is 24.7. The average molecular weight is 726 g/mol. The van der Waals surface area contributed by atoms with Gasteiger partial charge in [-0.05, 0) is 87.9 Å². The Kier molecular flexibility index (Phi) is 12.7. The molecule has 4 rings (SSSR count). The zero-order valence-electron chi connectivity index (χ0n) is 30.5. The number of nitrogens with one attached hydrogen (secondary N) is 2. The number of ether oxygens (including phenoxy) is 2. The van der Waals surface area contributed by atoms with Crippen LogP contribution in [0.3, 0.4) is 0 Å². The zero-order chi connectivity index (χ0) is 38.5. The highest BCUT2D eigenvalue weighted by Gasteiger charge is 2.54. The van der Waals surface area contributed by atoms with Crippen LogP contribution in [0.25, 0.3) is 6.08 Å². The molecule has 2 aromatic carbocycles. The predicted octanol–water partition coefficient (Wildman–Crippen LogP) is 3.11. The van der Waals surface area contributed by atoms with Gasteiger partial charge in [0.05, 0.1) is 24.3 Å². The topological polar surface area (TPSA) is 215 Å². The fraction of sp³-hybridized carbons (Fsp3) is 0.526. The molecule has 0 bridgehead atoms. The molecule has 52 heavy (non-hydrogen) atoms. The number of carbonyl (C=O) groups is 4. The number of aromatic hydroxyl groups is 1. The van der Waals surface area contributed by atoms with E-state index in [-0.39, 0.29) is 23.8 Å². The number of aliphatic hydroxyl groups excluding tert-OH is 3. The number of aliphatic carboxylic acids is 1. The van der Waals surface area contributed by atoms with E-state index in [9.17, 15) is 44.7 Å². The highest BCUT2D eigenvalue weighted by molar-refractivity contribution is 5.95. The van der Waals surface area contributed by atoms with Crippen molar-refractivity contribution in [1.82, 2.24) is 15.5 Å². The van der Waals surface area contributed by atoms with Crippen molar-refractivity contribution in [2.45, 2.75) is 115 Å². The van der Waals surface area contributed by atoms with Crippen molar-refractivity contribution < 1.29 is 54.2 Å². The summed E-state index contributed by atoms with van der Waals surface area (Å²) < 4.78 is 11.6. The Labute approximate surface area is 303 Å². The number of likely N-dealkylation sites (tertiary alicyclic amines) is 1. The Hall–Kier alpha value is -4.50. The Morgan fingerprint density at radius 3 is 2.40 bits per heavy atom. The number of amides is 3. The molecule has 284 valence electrons. The summed E-state index contributed by atoms with van der Waals surface area (Å²) in [5.41, 5.74) is 0.0713. The Bertz CT molecular complexity index is 1650. The van der Waals surface area contributed by atoms with Gasteiger partial charge in [-0.1, -0.05) is 30.4 Å². The first-order valence-electron chi connectivity index (χ1n) is 17.4. The Morgan fingerprint density at radius 2 is 1.79 bits per heavy atom. The van der Waals surface area contributed by atoms with E-state index in [0.717, 1.165) is 24.0 Å². The number of phenolic OH excluding ortho intramolecular Hbond substituents is 1. The van der Waals surface area contributed by atoms with E-state index in [1.54, 1.807) is 30.9 Å². The number of phenols is 1. The summed E-state index contributed by atoms with van der Waals surface area (Å²) in [6.07, 6.45) is -2.88. The smallest absolute Gasteiger partial charge is 0.410 e. The lowest BCUT2D eigenvalue weighted by molar-refractivity contribution is -0.226. The zero-order valence-corrected chi connectivity index (χ0v) is 30.5. The van der Waals surface area contributed by atoms with Crippen LogP contribution >= 0.6 is 0 Å². The number of carbonyl (C=O) groups excluding carboxylic acids is 3. The first kappa shape index (κ1) is 40.3. The van der Waals surface area contributed by atoms with Gasteiger partial charge in [0.2, 0.25) is 5.91 Å². The quantitative estimate of drug-likeness (QED) is 0.179. The van der Waals surface area contributed by atoms with Crippen LogP contribution in [0, 0.1) is 13.8 Å². The Morgan fingerprint density at radius 1 is 1.12 bits per heavy atom. The highest BCUT2D eigenvalue weighted by atomic mass is 16.6. The SMILES string of the molecule is CC(=O)N[C@H]1[C@H]([C@H](O)[C@H](O)CNC(=O)c2cc(C)c(O)c(C)c2)O[C@@](C/C=C/c2cccc(C3CCCN3C(=O)OC(C)(C)C)c2)(C(=O)O)C[C@@H]1O. The molecule has 3 amide bonds. The minimum atomic E-state index is -2.06. The van der Waals surface area contributed by atoms with E-state index in [2.05, 4.69) is 10.6 Å². The predicted molar refractivity (Wildman–Crippen MR) is 190 cm³/mol. The number of aliphatic hydroxyl groups is 3. The van der Waals surface area contributed by atoms with Gasteiger partial charge in [-0.15, -0.1) is 0 Å². The number of benzene rings is 2. The number of carboxylic acid groups (broad SMARTS) is 1. The van der Waals surface area contributed by atoms with E-state index in [4.69, 9.17) is 9.47 Å². The molecule has 0 spiro atoms. The summed E-state index contributed by atoms with van der Waals surface area (Å²) in [5, 5.41) is 58.8. The van der Waals surface area contributed by atoms with Crippen LogP contribution in [0.2, 0.25) is 0 Å². The summed E-state index contributed by atoms with van der Waals surface area (Å²) in [7, 11) is 0. The third-order valence-corrected chi connectivity index (χ3v) is 9.32. The van der Waals surface area contributed by atoms with Crippen LogP contribution < -0.4 is 10.6 Å². The number of aryl methyl sites for hydroxylation is 2. The first-order valence-corrected chi connectivity index (χ1v) is 17.4. The molecule has 14 nitrogen and oxygen atoms in total. The van der Waals surface area contributed by atoms with Gasteiger partial charge < -0.3 is 50.5 Å². The van der Waals surface area contributed by atoms with Crippen LogP contribution in [-0.2, 0) is 19.1 Å². The molecule has 2 aromatic rings. The highest BCUT2D eigenvalue weighted by Crippen LogP contribution is 2.37. The lowest BCUT2D eigenvalue weighted by Crippen LogP contribution is -2.67. The summed E-state index contributed by atoms with van der Waals surface area (Å²) in [5.74, 6) is -2.56. The maximum Gasteiger partial charge on any atom is 0.410 e. The second kappa shape index (κ2) is 16.4. The summed E-state index contributed by atoms with van der Waals surface area (Å²) in [6, 6.07) is 8.93. The van der Waals surface area contributed by atoms with E-state index >= 15 is 0 Å². The number of hydrogen-bond acceptors (Lipinski definition) is 10. The van der Waals surface area contributed by atoms with Crippen molar-refractivity contribution in [3.05, 3.63) is 70.3 Å². The Balaban J connectivity index is 1.51. The average Bonchev–Trinajstić information content (AvgIpc) is 3.56. The first-order chi connectivity index (χ1) is 24.3. The summed E-state index contributed by atoms with van der Waals surface area (Å²) >= 11 is 0. The molecule has 0 saturated carbocycles. The fourth-order valence-electron chi connectivity index (χ4n) is 6.75. The van der Waals surface area contributed by atoms with Crippen molar-refractivity contribution in [1.29, 1.82) is 0 Å². The lowest BCUT2D eigenvalue weighted by atomic mass is 9.81. The van der Waals surface area contributed by atoms with Crippen molar-refractivity contribution >= 4 is 30.0 Å². The third-order valence-electron chi connectivity index (χ3n) is 9.32. The molecule has 2 saturated heterocycles. The van der Waals surface area contributed by atoms with E-state index < -0.39 is 78.5 Å². The fourth-order valence-corrected chi connectivity index (χ4v) is 6.75. The largest absolute Gasteiger partial charge is 0.507 e. The van der Waals surface area contributed by atoms with Crippen LogP contribution in [-0.4, -0.2) is 109 Å². The molecule has 2 heterocycles. The number of hydrogen-bond donors (Lipinski definition) is 7. The van der Waals surface area contributed by atoms with E-state index in [1.807, 2.05) is 45.0 Å². The van der Waals surface area contributed by atoms with Crippen LogP contribution in [0.15, 0.2) is 42.5 Å². The summed E-state index contributed by atoms with van der Waals surface area (Å²) in [6.45, 7) is 9.96. The van der Waals surface area contributed by atoms with Crippen molar-refractivity contribution in [3.63, 3.8) is 0 Å². The third kappa shape index (κ3) is 9.68. The van der Waals surface area contributed by atoms with Gasteiger partial charge in [0.15, 0.2) is 5.60 Å². The molecule has 2 aliphatic rings. The monoisotopic (exact) mass is 725 g/mol. The molecule has 2 fully saturated rings. The second-order valence-electron chi connectivity index (χ2n) is 14.7. The van der Waals surface area contributed by atoms with Crippen LogP contribution in [0.5, 0.6) is 5.75 Å². The van der Waals surface area contributed by atoms with Gasteiger partial charge in [-0.3, -0.25) is 9.59 Å². The van der Waals surface area contributed by atoms with Crippen LogP contribution in [0.4, 0.5) is 4.79 Å². The van der Waals surface area contributed by atoms with Crippen molar-refractivity contribution in [3.8, 4) is 5.75 Å². The molecular formula is C38H51N3O11. The van der Waals surface area contributed by atoms with Gasteiger partial charge in [-0.25, -0.2) is 9.59 Å². The standard InChI is InChI=1S/C38H51N3O11/c1-21-16-26(17-22(2)31(21)45)34(47)39-20-29(44)32(46)33-30(40-23(3)42)28(43)19-38(51-33,35(48)49)14-8-11-24-10-7-12-25(18-24)27-13-9-15-41(27)36(50)52-37(4,5)6/h7-8,10-12,16-18,27-30,32-33,43-46H,9,13-15,19-20H2,1-6H3,(H,39,47)(H,40,42)(H,48,49)/b11-8+/t27?,28-,29+,30+,32+,33+,38+/m0/s1. The molecule has 2 aliphatic heterocycles. The number of rotatable bonds is 11. The molecule has 0 radical (unpaired) electrons. The van der Waals surface area contributed by atoms with Gasteiger partial charge >= 0.3 is 12.1 Å². The van der Waals surface area contributed by atoms with Crippen molar-refractivity contribution in [2.24, 2.45) is 0 Å². The minimum Gasteiger partial charge on any atom is -0.507 e. The van der Waals surface area contributed by atoms with Gasteiger partial charge in [0, 0.05) is 38.4 Å². The lowest BCUT2D eigenvalue weighted by Gasteiger charge is -2.47. The molecule has 14 heteroatoms. The summed E-state index contributed by atoms with van der Waals surface area (Å²) in [4.78, 5) is 52.2. The number of nitrogens with zero attached hydrogens (tertiary/aromatic N) is 1. The second-order valence-corrected chi connectivity index (χ2v) is 14.7. The van der Waals surface area contributed by atoms with E-state index in [0.29, 0.717) is 17.7 Å². The van der Waals surface area contributed by atoms with E-state index in [1.165, 1.54) is 19.1 Å². The van der Waals surface area contributed by atoms with Gasteiger partial charge in [0.25, 0.3) is 5.91 Å². The number of carboxylic acids is 1. The maximum absolute atomic E-state index is 12.9. The molecule has 0 aliphatic carbocycles. The van der Waals surface area contributed by atoms with Crippen LogP contribution in [0.1, 0.15) is 92.0 Å². The molecular weight excluding hydrogens is 674 g/mol. The van der Waals surface area contributed by atoms with Gasteiger partial charge in [-0.2, -0.15) is 0 Å². The molecule has 7 atom stereocenters.